The number of hydrogen-bond donors (Lipinski definition) is 1. The van der Waals surface area contributed by atoms with E-state index < -0.39 is 16.0 Å². The highest BCUT2D eigenvalue weighted by Gasteiger charge is 2.32. The molecule has 0 saturated carbocycles. The predicted octanol–water partition coefficient (Wildman–Crippen LogP) is 4.05. The van der Waals surface area contributed by atoms with Crippen LogP contribution >= 0.6 is 0 Å². The van der Waals surface area contributed by atoms with Crippen LogP contribution in [-0.2, 0) is 21.4 Å². The van der Waals surface area contributed by atoms with Crippen LogP contribution in [0.3, 0.4) is 0 Å². The zero-order valence-electron chi connectivity index (χ0n) is 17.5. The van der Waals surface area contributed by atoms with Crippen LogP contribution in [0.5, 0.6) is 0 Å². The number of carboxylic acids is 1. The summed E-state index contributed by atoms with van der Waals surface area (Å²) in [5.41, 5.74) is 3.29. The number of carboxylic acid groups (broad SMARTS) is 1. The lowest BCUT2D eigenvalue weighted by atomic mass is 9.88. The Balaban J connectivity index is 1.64. The van der Waals surface area contributed by atoms with Crippen molar-refractivity contribution in [3.8, 4) is 0 Å². The SMILES string of the molecule is Cc1cccc(S(=O)(=O)N2CCC(c3c(C)n(CC(=O)O)c4ccc(F)cc34)CC2)c1. The van der Waals surface area contributed by atoms with Gasteiger partial charge in [0, 0.05) is 29.7 Å². The molecule has 1 aromatic heterocycles. The van der Waals surface area contributed by atoms with Crippen molar-refractivity contribution >= 4 is 26.9 Å². The molecular weight excluding hydrogens is 419 g/mol. The average molecular weight is 445 g/mol. The maximum atomic E-state index is 14.0. The number of fused-ring (bicyclic) bond motifs is 1. The smallest absolute Gasteiger partial charge is 0.323 e. The van der Waals surface area contributed by atoms with Crippen LogP contribution in [0.1, 0.15) is 35.6 Å². The van der Waals surface area contributed by atoms with Gasteiger partial charge in [-0.1, -0.05) is 12.1 Å². The van der Waals surface area contributed by atoms with Crippen LogP contribution in [0.15, 0.2) is 47.4 Å². The molecule has 1 aliphatic heterocycles. The molecule has 164 valence electrons. The Morgan fingerprint density at radius 3 is 2.48 bits per heavy atom. The minimum Gasteiger partial charge on any atom is -0.480 e. The molecule has 4 rings (SSSR count). The van der Waals surface area contributed by atoms with Crippen LogP contribution in [0, 0.1) is 19.7 Å². The lowest BCUT2D eigenvalue weighted by Crippen LogP contribution is -2.38. The summed E-state index contributed by atoms with van der Waals surface area (Å²) in [4.78, 5) is 11.7. The van der Waals surface area contributed by atoms with Gasteiger partial charge in [0.2, 0.25) is 10.0 Å². The highest BCUT2D eigenvalue weighted by molar-refractivity contribution is 7.89. The first kappa shape index (κ1) is 21.5. The predicted molar refractivity (Wildman–Crippen MR) is 116 cm³/mol. The lowest BCUT2D eigenvalue weighted by molar-refractivity contribution is -0.137. The van der Waals surface area contributed by atoms with Gasteiger partial charge < -0.3 is 9.67 Å². The van der Waals surface area contributed by atoms with Gasteiger partial charge in [-0.25, -0.2) is 12.8 Å². The molecule has 1 saturated heterocycles. The second-order valence-electron chi connectivity index (χ2n) is 8.14. The first-order valence-electron chi connectivity index (χ1n) is 10.3. The molecule has 0 amide bonds. The summed E-state index contributed by atoms with van der Waals surface area (Å²) in [5, 5.41) is 10.0. The lowest BCUT2D eigenvalue weighted by Gasteiger charge is -2.31. The highest BCUT2D eigenvalue weighted by Crippen LogP contribution is 2.38. The van der Waals surface area contributed by atoms with Gasteiger partial charge in [0.15, 0.2) is 0 Å². The van der Waals surface area contributed by atoms with E-state index in [0.717, 1.165) is 16.8 Å². The van der Waals surface area contributed by atoms with E-state index in [1.54, 1.807) is 28.8 Å². The molecule has 2 heterocycles. The zero-order valence-corrected chi connectivity index (χ0v) is 18.3. The zero-order chi connectivity index (χ0) is 22.3. The fourth-order valence-electron chi connectivity index (χ4n) is 4.64. The Bertz CT molecular complexity index is 1260. The number of aliphatic carboxylic acids is 1. The van der Waals surface area contributed by atoms with Crippen LogP contribution in [-0.4, -0.2) is 41.5 Å². The van der Waals surface area contributed by atoms with Crippen molar-refractivity contribution in [3.63, 3.8) is 0 Å². The first-order chi connectivity index (χ1) is 14.7. The first-order valence-corrected chi connectivity index (χ1v) is 11.7. The van der Waals surface area contributed by atoms with E-state index in [0.29, 0.717) is 41.7 Å². The summed E-state index contributed by atoms with van der Waals surface area (Å²) in [7, 11) is -3.57. The Morgan fingerprint density at radius 1 is 1.13 bits per heavy atom. The van der Waals surface area contributed by atoms with Crippen LogP contribution in [0.25, 0.3) is 10.9 Å². The van der Waals surface area contributed by atoms with Gasteiger partial charge in [0.25, 0.3) is 0 Å². The minimum absolute atomic E-state index is 0.0308. The maximum absolute atomic E-state index is 14.0. The maximum Gasteiger partial charge on any atom is 0.323 e. The molecule has 0 spiro atoms. The number of piperidine rings is 1. The van der Waals surface area contributed by atoms with Gasteiger partial charge in [0.05, 0.1) is 4.90 Å². The molecule has 1 aliphatic rings. The average Bonchev–Trinajstić information content (AvgIpc) is 2.98. The molecule has 0 bridgehead atoms. The molecule has 0 unspecified atom stereocenters. The number of rotatable bonds is 5. The molecule has 8 heteroatoms. The van der Waals surface area contributed by atoms with Crippen molar-refractivity contribution in [1.82, 2.24) is 8.87 Å². The fraction of sp³-hybridized carbons (Fsp3) is 0.348. The third-order valence-corrected chi connectivity index (χ3v) is 8.01. The fourth-order valence-corrected chi connectivity index (χ4v) is 6.22. The third kappa shape index (κ3) is 3.97. The van der Waals surface area contributed by atoms with Gasteiger partial charge in [-0.3, -0.25) is 4.79 Å². The molecule has 2 aromatic carbocycles. The second kappa shape index (κ2) is 8.09. The van der Waals surface area contributed by atoms with Crippen molar-refractivity contribution in [2.75, 3.05) is 13.1 Å². The Morgan fingerprint density at radius 2 is 1.84 bits per heavy atom. The molecule has 1 N–H and O–H groups in total. The van der Waals surface area contributed by atoms with Crippen molar-refractivity contribution in [1.29, 1.82) is 0 Å². The summed E-state index contributed by atoms with van der Waals surface area (Å²) >= 11 is 0. The third-order valence-electron chi connectivity index (χ3n) is 6.12. The molecule has 31 heavy (non-hydrogen) atoms. The normalized spacial score (nSPS) is 16.1. The van der Waals surface area contributed by atoms with Gasteiger partial charge >= 0.3 is 5.97 Å². The summed E-state index contributed by atoms with van der Waals surface area (Å²) in [6.45, 7) is 4.24. The Kier molecular flexibility index (Phi) is 5.61. The van der Waals surface area contributed by atoms with Gasteiger partial charge in [0.1, 0.15) is 12.4 Å². The van der Waals surface area contributed by atoms with Gasteiger partial charge in [-0.15, -0.1) is 0 Å². The van der Waals surface area contributed by atoms with Crippen LogP contribution in [0.2, 0.25) is 0 Å². The molecule has 6 nitrogen and oxygen atoms in total. The van der Waals surface area contributed by atoms with Crippen molar-refractivity contribution in [2.45, 2.75) is 44.0 Å². The number of nitrogens with zero attached hydrogens (tertiary/aromatic N) is 2. The monoisotopic (exact) mass is 444 g/mol. The van der Waals surface area contributed by atoms with E-state index in [1.165, 1.54) is 16.4 Å². The molecule has 0 aliphatic carbocycles. The number of halogens is 1. The van der Waals surface area contributed by atoms with E-state index >= 15 is 0 Å². The number of benzene rings is 2. The number of carbonyl (C=O) groups is 1. The molecule has 1 fully saturated rings. The standard InChI is InChI=1S/C23H25FN2O4S/c1-15-4-3-5-19(12-15)31(29,30)25-10-8-17(9-11-25)23-16(2)26(14-22(27)28)21-7-6-18(24)13-20(21)23/h3-7,12-13,17H,8-11,14H2,1-2H3,(H,27,28). The number of aryl methyl sites for hydroxylation is 1. The van der Waals surface area contributed by atoms with E-state index in [-0.39, 0.29) is 18.3 Å². The van der Waals surface area contributed by atoms with E-state index in [2.05, 4.69) is 0 Å². The van der Waals surface area contributed by atoms with E-state index in [9.17, 15) is 22.7 Å². The summed E-state index contributed by atoms with van der Waals surface area (Å²) in [5.74, 6) is -1.31. The summed E-state index contributed by atoms with van der Waals surface area (Å²) < 4.78 is 43.3. The second-order valence-corrected chi connectivity index (χ2v) is 10.1. The quantitative estimate of drug-likeness (QED) is 0.644. The highest BCUT2D eigenvalue weighted by atomic mass is 32.2. The Hall–Kier alpha value is -2.71. The van der Waals surface area contributed by atoms with E-state index in [1.807, 2.05) is 19.9 Å². The molecule has 3 aromatic rings. The summed E-state index contributed by atoms with van der Waals surface area (Å²) in [6.07, 6.45) is 1.18. The van der Waals surface area contributed by atoms with Crippen molar-refractivity contribution < 1.29 is 22.7 Å². The van der Waals surface area contributed by atoms with Crippen LogP contribution in [0.4, 0.5) is 4.39 Å². The van der Waals surface area contributed by atoms with Crippen LogP contribution < -0.4 is 0 Å². The number of sulfonamides is 1. The Labute approximate surface area is 181 Å². The van der Waals surface area contributed by atoms with E-state index in [4.69, 9.17) is 0 Å². The molecular formula is C23H25FN2O4S. The topological polar surface area (TPSA) is 79.6 Å². The number of hydrogen-bond acceptors (Lipinski definition) is 3. The van der Waals surface area contributed by atoms with Gasteiger partial charge in [-0.2, -0.15) is 4.31 Å². The van der Waals surface area contributed by atoms with Crippen molar-refractivity contribution in [2.24, 2.45) is 0 Å². The number of aromatic nitrogens is 1. The largest absolute Gasteiger partial charge is 0.480 e. The molecule has 0 atom stereocenters. The minimum atomic E-state index is -3.57. The van der Waals surface area contributed by atoms with Gasteiger partial charge in [-0.05, 0) is 74.1 Å². The van der Waals surface area contributed by atoms with Crippen molar-refractivity contribution in [3.05, 3.63) is 65.1 Å². The summed E-state index contributed by atoms with van der Waals surface area (Å²) in [6, 6.07) is 11.3. The molecule has 0 radical (unpaired) electrons.